The van der Waals surface area contributed by atoms with Gasteiger partial charge in [-0.2, -0.15) is 0 Å². The first-order valence-corrected chi connectivity index (χ1v) is 7.91. The van der Waals surface area contributed by atoms with Crippen molar-refractivity contribution in [1.29, 1.82) is 0 Å². The molecule has 0 saturated heterocycles. The van der Waals surface area contributed by atoms with Crippen molar-refractivity contribution in [3.63, 3.8) is 0 Å². The molecule has 0 aliphatic heterocycles. The van der Waals surface area contributed by atoms with Crippen LogP contribution >= 0.6 is 0 Å². The first kappa shape index (κ1) is 20.7. The molecule has 0 aliphatic carbocycles. The number of hydrogen-bond donors (Lipinski definition) is 2. The van der Waals surface area contributed by atoms with E-state index in [1.54, 1.807) is 26.1 Å². The van der Waals surface area contributed by atoms with Gasteiger partial charge in [0.05, 0.1) is 0 Å². The van der Waals surface area contributed by atoms with Crippen LogP contribution in [0.25, 0.3) is 0 Å². The molecule has 0 atom stereocenters. The van der Waals surface area contributed by atoms with Gasteiger partial charge in [0, 0.05) is 54.0 Å². The van der Waals surface area contributed by atoms with Crippen LogP contribution in [0, 0.1) is 0 Å². The molecule has 7 nitrogen and oxygen atoms in total. The summed E-state index contributed by atoms with van der Waals surface area (Å²) in [6.45, 7) is 6.59. The Morgan fingerprint density at radius 2 is 1.82 bits per heavy atom. The van der Waals surface area contributed by atoms with Crippen molar-refractivity contribution in [2.45, 2.75) is 19.8 Å². The van der Waals surface area contributed by atoms with Crippen LogP contribution in [0.2, 0.25) is 0 Å². The molecular weight excluding hydrogens is 282 g/mol. The molecular formula is C15H33N5O2. The van der Waals surface area contributed by atoms with E-state index in [1.807, 2.05) is 0 Å². The summed E-state index contributed by atoms with van der Waals surface area (Å²) in [7, 11) is 7.28. The zero-order chi connectivity index (χ0) is 16.8. The summed E-state index contributed by atoms with van der Waals surface area (Å²) in [6, 6.07) is 0. The zero-order valence-corrected chi connectivity index (χ0v) is 14.8. The number of carbonyl (C=O) groups is 1. The highest BCUT2D eigenvalue weighted by molar-refractivity contribution is 5.84. The minimum atomic E-state index is -0.00529. The Bertz CT molecular complexity index is 321. The van der Waals surface area contributed by atoms with Crippen molar-refractivity contribution in [3.8, 4) is 0 Å². The van der Waals surface area contributed by atoms with Gasteiger partial charge in [0.1, 0.15) is 6.54 Å². The topological polar surface area (TPSA) is 69.2 Å². The lowest BCUT2D eigenvalue weighted by atomic mass is 10.4. The number of ether oxygens (including phenoxy) is 1. The minimum absolute atomic E-state index is 0.00529. The first-order chi connectivity index (χ1) is 10.5. The van der Waals surface area contributed by atoms with E-state index in [0.29, 0.717) is 5.96 Å². The number of nitrogens with zero attached hydrogens (tertiary/aromatic N) is 3. The van der Waals surface area contributed by atoms with Crippen molar-refractivity contribution in [3.05, 3.63) is 0 Å². The summed E-state index contributed by atoms with van der Waals surface area (Å²) >= 11 is 0. The van der Waals surface area contributed by atoms with Gasteiger partial charge < -0.3 is 25.2 Å². The van der Waals surface area contributed by atoms with Gasteiger partial charge in [0.15, 0.2) is 5.96 Å². The molecule has 0 aromatic rings. The van der Waals surface area contributed by atoms with Gasteiger partial charge in [0.25, 0.3) is 0 Å². The van der Waals surface area contributed by atoms with Crippen molar-refractivity contribution in [1.82, 2.24) is 20.4 Å². The third kappa shape index (κ3) is 11.3. The molecule has 0 aromatic heterocycles. The molecule has 0 bridgehead atoms. The van der Waals surface area contributed by atoms with Gasteiger partial charge in [-0.1, -0.05) is 6.92 Å². The molecule has 0 radical (unpaired) electrons. The summed E-state index contributed by atoms with van der Waals surface area (Å²) in [5, 5.41) is 6.48. The second kappa shape index (κ2) is 13.3. The highest BCUT2D eigenvalue weighted by atomic mass is 16.5. The number of likely N-dealkylation sites (N-methyl/N-ethyl adjacent to an activating group) is 2. The predicted octanol–water partition coefficient (Wildman–Crippen LogP) is -0.0119. The summed E-state index contributed by atoms with van der Waals surface area (Å²) in [6.07, 6.45) is 2.04. The average Bonchev–Trinajstić information content (AvgIpc) is 2.49. The van der Waals surface area contributed by atoms with Crippen molar-refractivity contribution < 1.29 is 9.53 Å². The normalized spacial score (nSPS) is 11.6. The molecule has 22 heavy (non-hydrogen) atoms. The van der Waals surface area contributed by atoms with E-state index in [4.69, 9.17) is 4.74 Å². The Morgan fingerprint density at radius 1 is 1.14 bits per heavy atom. The number of carbonyl (C=O) groups excluding carboxylic acids is 1. The van der Waals surface area contributed by atoms with Crippen LogP contribution in [-0.2, 0) is 9.53 Å². The smallest absolute Gasteiger partial charge is 0.243 e. The number of hydrogen-bond acceptors (Lipinski definition) is 4. The zero-order valence-electron chi connectivity index (χ0n) is 14.8. The molecule has 0 heterocycles. The largest absolute Gasteiger partial charge is 0.385 e. The number of aliphatic imine (C=N–C) groups is 1. The molecule has 0 rings (SSSR count). The highest BCUT2D eigenvalue weighted by Crippen LogP contribution is 1.87. The van der Waals surface area contributed by atoms with Crippen LogP contribution in [0.1, 0.15) is 19.8 Å². The maximum absolute atomic E-state index is 11.6. The van der Waals surface area contributed by atoms with E-state index in [0.717, 1.165) is 45.6 Å². The Kier molecular flexibility index (Phi) is 12.5. The summed E-state index contributed by atoms with van der Waals surface area (Å²) in [5.74, 6) is 0.691. The third-order valence-electron chi connectivity index (χ3n) is 3.09. The predicted molar refractivity (Wildman–Crippen MR) is 91.3 cm³/mol. The second-order valence-corrected chi connectivity index (χ2v) is 5.46. The quantitative estimate of drug-likeness (QED) is 0.319. The maximum atomic E-state index is 11.6. The molecule has 2 N–H and O–H groups in total. The lowest BCUT2D eigenvalue weighted by molar-refractivity contribution is -0.127. The van der Waals surface area contributed by atoms with Gasteiger partial charge in [-0.25, -0.2) is 4.99 Å². The Morgan fingerprint density at radius 3 is 2.41 bits per heavy atom. The van der Waals surface area contributed by atoms with Crippen LogP contribution in [-0.4, -0.2) is 89.3 Å². The van der Waals surface area contributed by atoms with Gasteiger partial charge in [-0.3, -0.25) is 4.79 Å². The Hall–Kier alpha value is -1.34. The molecule has 7 heteroatoms. The van der Waals surface area contributed by atoms with E-state index < -0.39 is 0 Å². The van der Waals surface area contributed by atoms with Gasteiger partial charge in [0.2, 0.25) is 5.91 Å². The van der Waals surface area contributed by atoms with E-state index in [9.17, 15) is 4.79 Å². The van der Waals surface area contributed by atoms with Gasteiger partial charge in [-0.15, -0.1) is 0 Å². The number of rotatable bonds is 11. The molecule has 0 fully saturated rings. The van der Waals surface area contributed by atoms with Gasteiger partial charge in [-0.05, 0) is 19.9 Å². The molecule has 0 unspecified atom stereocenters. The third-order valence-corrected chi connectivity index (χ3v) is 3.09. The minimum Gasteiger partial charge on any atom is -0.385 e. The summed E-state index contributed by atoms with van der Waals surface area (Å²) < 4.78 is 5.05. The van der Waals surface area contributed by atoms with E-state index in [1.165, 1.54) is 0 Å². The lowest BCUT2D eigenvalue weighted by Crippen LogP contribution is -2.42. The number of methoxy groups -OCH3 is 1. The van der Waals surface area contributed by atoms with Crippen molar-refractivity contribution >= 4 is 11.9 Å². The highest BCUT2D eigenvalue weighted by Gasteiger charge is 2.04. The number of amides is 1. The van der Waals surface area contributed by atoms with Crippen LogP contribution in [0.3, 0.4) is 0 Å². The molecule has 0 saturated carbocycles. The number of guanidine groups is 1. The fraction of sp³-hybridized carbons (Fsp3) is 0.867. The lowest BCUT2D eigenvalue weighted by Gasteiger charge is -2.18. The van der Waals surface area contributed by atoms with E-state index in [2.05, 4.69) is 34.5 Å². The maximum Gasteiger partial charge on any atom is 0.243 e. The Labute approximate surface area is 135 Å². The van der Waals surface area contributed by atoms with Crippen molar-refractivity contribution in [2.24, 2.45) is 4.99 Å². The standard InChI is InChI=1S/C15H33N5O2/c1-6-8-16-15(18-13-14(21)19(2)3)17-9-11-20(4)10-7-12-22-5/h6-13H2,1-5H3,(H2,16,17,18). The molecule has 0 aromatic carbocycles. The van der Waals surface area contributed by atoms with Crippen molar-refractivity contribution in [2.75, 3.05) is 67.6 Å². The van der Waals surface area contributed by atoms with Crippen LogP contribution in [0.5, 0.6) is 0 Å². The summed E-state index contributed by atoms with van der Waals surface area (Å²) in [5.41, 5.74) is 0. The average molecular weight is 315 g/mol. The van der Waals surface area contributed by atoms with Crippen LogP contribution < -0.4 is 10.6 Å². The molecule has 0 aliphatic rings. The SMILES string of the molecule is CCCNC(=NCC(=O)N(C)C)NCCN(C)CCCOC. The Balaban J connectivity index is 4.13. The first-order valence-electron chi connectivity index (χ1n) is 7.91. The molecule has 1 amide bonds. The number of nitrogens with one attached hydrogen (secondary N) is 2. The fourth-order valence-corrected chi connectivity index (χ4v) is 1.66. The monoisotopic (exact) mass is 315 g/mol. The van der Waals surface area contributed by atoms with Crippen LogP contribution in [0.15, 0.2) is 4.99 Å². The molecule has 130 valence electrons. The second-order valence-electron chi connectivity index (χ2n) is 5.46. The van der Waals surface area contributed by atoms with Gasteiger partial charge >= 0.3 is 0 Å². The van der Waals surface area contributed by atoms with Crippen LogP contribution in [0.4, 0.5) is 0 Å². The summed E-state index contributed by atoms with van der Waals surface area (Å²) in [4.78, 5) is 19.7. The fourth-order valence-electron chi connectivity index (χ4n) is 1.66. The van der Waals surface area contributed by atoms with E-state index >= 15 is 0 Å². The van der Waals surface area contributed by atoms with E-state index in [-0.39, 0.29) is 12.5 Å². The molecule has 0 spiro atoms.